The van der Waals surface area contributed by atoms with E-state index >= 15 is 0 Å². The van der Waals surface area contributed by atoms with Gasteiger partial charge in [-0.05, 0) is 196 Å². The molecule has 0 amide bonds. The summed E-state index contributed by atoms with van der Waals surface area (Å²) in [4.78, 5) is 50.0. The minimum atomic E-state index is -0.661. The fourth-order valence-electron chi connectivity index (χ4n) is 25.4. The van der Waals surface area contributed by atoms with Crippen molar-refractivity contribution in [3.05, 3.63) is 305 Å². The molecule has 1 saturated carbocycles. The first-order chi connectivity index (χ1) is 67.9. The zero-order valence-electron chi connectivity index (χ0n) is 85.6. The molecule has 0 radical (unpaired) electrons. The van der Waals surface area contributed by atoms with Gasteiger partial charge in [-0.3, -0.25) is 19.9 Å². The Morgan fingerprint density at radius 2 is 0.674 bits per heavy atom. The Balaban J connectivity index is 0.000000151. The van der Waals surface area contributed by atoms with Crippen LogP contribution in [0.25, 0.3) is 43.6 Å². The summed E-state index contributed by atoms with van der Waals surface area (Å²) in [5, 5.41) is 52.8. The van der Waals surface area contributed by atoms with Crippen molar-refractivity contribution in [3.63, 3.8) is 0 Å². The van der Waals surface area contributed by atoms with Crippen LogP contribution in [0.1, 0.15) is 172 Å². The summed E-state index contributed by atoms with van der Waals surface area (Å²) in [6, 6.07) is 41.2. The Morgan fingerprint density at radius 3 is 0.986 bits per heavy atom. The maximum atomic E-state index is 12.1. The molecule has 26 nitrogen and oxygen atoms in total. The molecule has 20 heterocycles. The Hall–Kier alpha value is -11.0. The van der Waals surface area contributed by atoms with Gasteiger partial charge in [-0.25, -0.2) is 19.9 Å². The van der Waals surface area contributed by atoms with Gasteiger partial charge in [-0.15, -0.1) is 26.3 Å². The lowest BCUT2D eigenvalue weighted by molar-refractivity contribution is -0.985. The highest BCUT2D eigenvalue weighted by Crippen LogP contribution is 2.55. The second-order valence-corrected chi connectivity index (χ2v) is 41.2. The molecule has 8 aromatic heterocycles. The molecule has 144 heavy (non-hydrogen) atoms. The second-order valence-electron chi connectivity index (χ2n) is 40.0. The molecule has 4 N–H and O–H groups in total. The maximum Gasteiger partial charge on any atom is 0.320 e. The Morgan fingerprint density at radius 1 is 0.361 bits per heavy atom. The van der Waals surface area contributed by atoms with Crippen molar-refractivity contribution < 1.29 is 71.5 Å². The number of pyridine rings is 5. The summed E-state index contributed by atoms with van der Waals surface area (Å²) < 4.78 is 42.2. The molecule has 29 heteroatoms. The molecule has 1 aliphatic carbocycles. The van der Waals surface area contributed by atoms with Gasteiger partial charge < -0.3 is 101 Å². The molecule has 12 aliphatic heterocycles. The first-order valence-corrected chi connectivity index (χ1v) is 50.8. The van der Waals surface area contributed by atoms with Crippen LogP contribution in [0.2, 0.25) is 15.5 Å². The Labute approximate surface area is 865 Å². The van der Waals surface area contributed by atoms with Crippen LogP contribution in [-0.4, -0.2) is 218 Å². The van der Waals surface area contributed by atoms with Gasteiger partial charge in [-0.2, -0.15) is 15.0 Å². The number of nitrogens with zero attached hydrogens (tertiary/aromatic N) is 15. The summed E-state index contributed by atoms with van der Waals surface area (Å²) in [6.45, 7) is 36.5. The quantitative estimate of drug-likeness (QED) is 0.0103. The molecular weight excluding hydrogens is 1870 g/mol. The molecule has 13 fully saturated rings. The average molecular weight is 2020 g/mol. The summed E-state index contributed by atoms with van der Waals surface area (Å²) in [5.41, 5.74) is 10.9. The van der Waals surface area contributed by atoms with E-state index in [4.69, 9.17) is 82.9 Å². The molecule has 4 aromatic carbocycles. The predicted molar refractivity (Wildman–Crippen MR) is 570 cm³/mol. The first-order valence-electron chi connectivity index (χ1n) is 49.7. The zero-order valence-corrected chi connectivity index (χ0v) is 87.8. The fourth-order valence-corrected chi connectivity index (χ4v) is 26.1. The number of aliphatic hydroxyl groups is 4. The van der Waals surface area contributed by atoms with E-state index in [1.165, 1.54) is 0 Å². The Kier molecular flexibility index (Phi) is 35.4. The smallest absolute Gasteiger partial charge is 0.320 e. The summed E-state index contributed by atoms with van der Waals surface area (Å²) in [7, 11) is 6.64. The molecule has 12 saturated heterocycles. The normalized spacial score (nSPS) is 26.3. The highest BCUT2D eigenvalue weighted by molar-refractivity contribution is 6.32. The number of aryl methyl sites for hydroxylation is 1. The first kappa shape index (κ1) is 109. The van der Waals surface area contributed by atoms with Gasteiger partial charge in [0.15, 0.2) is 0 Å². The van der Waals surface area contributed by atoms with E-state index in [1.54, 1.807) is 53.2 Å². The van der Waals surface area contributed by atoms with E-state index in [0.29, 0.717) is 125 Å². The predicted octanol–water partition coefficient (Wildman–Crippen LogP) is 21.5. The van der Waals surface area contributed by atoms with Crippen molar-refractivity contribution >= 4 is 78.4 Å². The second kappa shape index (κ2) is 46.8. The standard InChI is InChI=1S/C30H37N4O3.C29H37N4O4.C26H28Cl2N3O2.C26H30ClN4O2.4CH3/c1-4-19-17-34(18-22-15-28(37-5-2)33-30(32-22)20-6-7-20)13-11-21(19)14-27(34)29(35)24-10-12-31-26-9-8-23(36-3)16-25(24)26;1-5-19-17-33(18-21-15-27(36-6-2)32-29(31-21)37-7-3)13-11-20(19)14-26(33)28(34)23-10-12-30-25-9-8-22(35-4)16-24(23)25;1-3-17-15-31(14-16-10-24(27)30-25(28)11-16)9-7-18(17)12-23(31)26(32)20-6-8-29-22-5-4-19(33-2)13-21(20)22;1-4-17-14-31(15-19-12-25(27)30-16(2)29-19)10-8-18(17)11-24(31)26(32)21-7-9-28-23-6-5-20(33-3)13-22(21)23;;;;/h4,8-10,12,15-16,19-21,27,29,35H,1,5-7,11,13-14,17-18H2,2-3H3;5,8-10,12,15-16,19-20,26,28,34H,1,6-7,11,13-14,17-18H2,2-4H3;3-6,8,10-11,13,17-18,23,26,32H,1,7,9,12,14-15H2,2H3;4-7,9,12-13,17-18,24,26,32H,1,8,10-11,14-15H2,2-3H3;4*1H3/q4*+1;4*-1/t19?,21?,27?,29-,34?;19?,20?,26?,28-,33?;17?,18?,23?,26-,31?;17?,18?,24?,26-,31?;;;;/m1111..../s1. The van der Waals surface area contributed by atoms with Crippen LogP contribution in [0.3, 0.4) is 0 Å². The molecule has 0 spiro atoms. The van der Waals surface area contributed by atoms with Crippen LogP contribution in [0, 0.1) is 84.0 Å². The van der Waals surface area contributed by atoms with E-state index in [2.05, 4.69) is 90.5 Å². The van der Waals surface area contributed by atoms with Gasteiger partial charge in [0.05, 0.1) is 128 Å². The number of methoxy groups -OCH3 is 4. The third-order valence-corrected chi connectivity index (χ3v) is 32.9. The largest absolute Gasteiger partial charge is 0.497 e. The lowest BCUT2D eigenvalue weighted by Gasteiger charge is -2.58. The fraction of sp³-hybridized carbons (Fsp3) is 0.435. The van der Waals surface area contributed by atoms with Gasteiger partial charge in [0.25, 0.3) is 0 Å². The number of hydrogen-bond donors (Lipinski definition) is 4. The van der Waals surface area contributed by atoms with Crippen LogP contribution in [0.15, 0.2) is 203 Å². The number of aromatic nitrogens is 11. The molecule has 13 aliphatic rings. The van der Waals surface area contributed by atoms with Crippen molar-refractivity contribution in [1.82, 2.24) is 54.8 Å². The van der Waals surface area contributed by atoms with Gasteiger partial charge in [0, 0.05) is 151 Å². The highest BCUT2D eigenvalue weighted by Gasteiger charge is 2.59. The molecule has 766 valence electrons. The molecule has 20 atom stereocenters. The molecular formula is C115H144Cl3N15O11. The minimum Gasteiger partial charge on any atom is -0.497 e. The third kappa shape index (κ3) is 22.6. The number of aliphatic hydroxyl groups excluding tert-OH is 4. The van der Waals surface area contributed by atoms with Crippen LogP contribution >= 0.6 is 34.8 Å². The zero-order chi connectivity index (χ0) is 97.9. The van der Waals surface area contributed by atoms with Gasteiger partial charge in [0.1, 0.15) is 136 Å². The van der Waals surface area contributed by atoms with Crippen molar-refractivity contribution in [2.45, 2.75) is 173 Å². The van der Waals surface area contributed by atoms with Crippen molar-refractivity contribution in [2.75, 3.05) is 101 Å². The molecule has 16 unspecified atom stereocenters. The van der Waals surface area contributed by atoms with Crippen molar-refractivity contribution in [3.8, 4) is 40.8 Å². The van der Waals surface area contributed by atoms with E-state index in [1.807, 2.05) is 155 Å². The summed E-state index contributed by atoms with van der Waals surface area (Å²) in [6.07, 6.45) is 23.6. The van der Waals surface area contributed by atoms with Gasteiger partial charge in [-0.1, -0.05) is 59.1 Å². The van der Waals surface area contributed by atoms with Crippen molar-refractivity contribution in [2.24, 2.45) is 47.3 Å². The molecule has 12 aromatic rings. The number of hydrogen-bond acceptors (Lipinski definition) is 22. The monoisotopic (exact) mass is 2020 g/mol. The van der Waals surface area contributed by atoms with Crippen LogP contribution in [-0.2, 0) is 26.2 Å². The van der Waals surface area contributed by atoms with Crippen LogP contribution in [0.4, 0.5) is 0 Å². The number of halogens is 3. The molecule has 8 bridgehead atoms. The van der Waals surface area contributed by atoms with Crippen LogP contribution in [0.5, 0.6) is 40.8 Å². The van der Waals surface area contributed by atoms with E-state index < -0.39 is 24.4 Å². The maximum absolute atomic E-state index is 12.1. The summed E-state index contributed by atoms with van der Waals surface area (Å²) in [5.74, 6) is 10.1. The average Bonchev–Trinajstić information content (AvgIpc) is 1.53. The molecule has 25 rings (SSSR count). The number of rotatable bonds is 31. The van der Waals surface area contributed by atoms with E-state index in [9.17, 15) is 20.4 Å². The van der Waals surface area contributed by atoms with Gasteiger partial charge >= 0.3 is 6.01 Å². The Bertz CT molecular complexity index is 6270. The van der Waals surface area contributed by atoms with Crippen LogP contribution < -0.4 is 33.2 Å². The van der Waals surface area contributed by atoms with Gasteiger partial charge in [0.2, 0.25) is 11.8 Å². The highest BCUT2D eigenvalue weighted by atomic mass is 35.5. The number of piperidine rings is 12. The lowest BCUT2D eigenvalue weighted by Crippen LogP contribution is -2.67. The number of quaternary nitrogens is 4. The van der Waals surface area contributed by atoms with E-state index in [0.717, 1.165) is 265 Å². The topological polar surface area (TPSA) is 287 Å². The van der Waals surface area contributed by atoms with E-state index in [-0.39, 0.29) is 53.9 Å². The number of ether oxygens (including phenoxy) is 7. The SMILES string of the molecule is C=CC1C[N+]2(Cc3cc(Cl)nc(C)n3)CCC1CC2[C@H](O)c1ccnc2ccc(OC)cc12.C=CC1C[N+]2(Cc3cc(Cl)nc(Cl)c3)CCC1CC2[C@H](O)c1ccnc2ccc(OC)cc12.C=CC1C[N+]2(Cc3cc(OCC)nc(C4CC4)n3)CCC1CC2[C@H](O)c1ccnc2ccc(OC)cc12.C=CC1C[N+]2(Cc3cc(OCC)nc(OCC)n3)CCC1CC2[C@H](O)c1ccnc2ccc(OC)cc12.[CH3-].[CH3-].[CH3-].[CH3-]. The summed E-state index contributed by atoms with van der Waals surface area (Å²) >= 11 is 18.7. The number of benzene rings is 4. The number of fused-ring (bicyclic) bond motifs is 16. The third-order valence-electron chi connectivity index (χ3n) is 32.3. The lowest BCUT2D eigenvalue weighted by atomic mass is 9.71. The minimum absolute atomic E-state index is 0. The van der Waals surface area contributed by atoms with Crippen molar-refractivity contribution in [1.29, 1.82) is 0 Å².